The molecule has 0 radical (unpaired) electrons. The molecule has 7 heteroatoms. The first-order valence-electron chi connectivity index (χ1n) is 11.4. The monoisotopic (exact) mass is 509 g/mol. The molecule has 0 unspecified atom stereocenters. The average Bonchev–Trinajstić information content (AvgIpc) is 2.83. The van der Waals surface area contributed by atoms with Gasteiger partial charge < -0.3 is 10.1 Å². The summed E-state index contributed by atoms with van der Waals surface area (Å²) in [5, 5.41) is 3.48. The number of ketones is 1. The molecule has 1 aliphatic heterocycles. The summed E-state index contributed by atoms with van der Waals surface area (Å²) in [5.41, 5.74) is -0.0900. The molecule has 1 amide bonds. The van der Waals surface area contributed by atoms with Crippen LogP contribution in [0.25, 0.3) is 0 Å². The Morgan fingerprint density at radius 1 is 0.971 bits per heavy atom. The summed E-state index contributed by atoms with van der Waals surface area (Å²) in [4.78, 5) is 40.4. The summed E-state index contributed by atoms with van der Waals surface area (Å²) in [6.07, 6.45) is 0.200. The van der Waals surface area contributed by atoms with Crippen molar-refractivity contribution in [3.05, 3.63) is 99.5 Å². The van der Waals surface area contributed by atoms with Gasteiger partial charge in [-0.05, 0) is 36.6 Å². The summed E-state index contributed by atoms with van der Waals surface area (Å²) in [6, 6.07) is 20.6. The van der Waals surface area contributed by atoms with Crippen LogP contribution in [-0.2, 0) is 4.79 Å². The Morgan fingerprint density at radius 2 is 1.57 bits per heavy atom. The smallest absolute Gasteiger partial charge is 0.337 e. The zero-order chi connectivity index (χ0) is 25.2. The zero-order valence-electron chi connectivity index (χ0n) is 19.4. The fourth-order valence-electron chi connectivity index (χ4n) is 4.67. The van der Waals surface area contributed by atoms with E-state index in [0.29, 0.717) is 21.7 Å². The van der Waals surface area contributed by atoms with Crippen molar-refractivity contribution in [2.24, 2.45) is 5.92 Å². The van der Waals surface area contributed by atoms with Crippen LogP contribution in [0.3, 0.4) is 0 Å². The average molecular weight is 510 g/mol. The van der Waals surface area contributed by atoms with Crippen molar-refractivity contribution in [1.82, 2.24) is 5.32 Å². The first-order valence-corrected chi connectivity index (χ1v) is 12.1. The van der Waals surface area contributed by atoms with Gasteiger partial charge in [0.25, 0.3) is 5.91 Å². The third-order valence-electron chi connectivity index (χ3n) is 6.15. The van der Waals surface area contributed by atoms with E-state index in [9.17, 15) is 14.4 Å². The fourth-order valence-corrected chi connectivity index (χ4v) is 5.22. The quantitative estimate of drug-likeness (QED) is 0.224. The van der Waals surface area contributed by atoms with Crippen molar-refractivity contribution in [2.75, 3.05) is 0 Å². The highest BCUT2D eigenvalue weighted by atomic mass is 35.5. The van der Waals surface area contributed by atoms with E-state index in [1.807, 2.05) is 19.9 Å². The molecule has 1 heterocycles. The molecule has 0 spiro atoms. The highest BCUT2D eigenvalue weighted by molar-refractivity contribution is 6.36. The number of benzene rings is 3. The SMILES string of the molecule is CC(C)C[C@@]1(NC(=O)c2ccccc2)C(=O)Oc2c(Cl)cc(Cl)cc2[C@H]1CC(=O)c1ccccc1. The summed E-state index contributed by atoms with van der Waals surface area (Å²) >= 11 is 12.7. The highest BCUT2D eigenvalue weighted by Crippen LogP contribution is 2.49. The molecule has 0 aromatic heterocycles. The van der Waals surface area contributed by atoms with Crippen molar-refractivity contribution in [2.45, 2.75) is 38.1 Å². The Balaban J connectivity index is 1.87. The van der Waals surface area contributed by atoms with Crippen LogP contribution >= 0.6 is 23.2 Å². The van der Waals surface area contributed by atoms with E-state index in [1.165, 1.54) is 6.07 Å². The molecular formula is C28H25Cl2NO4. The molecule has 1 aliphatic rings. The first kappa shape index (κ1) is 25.0. The van der Waals surface area contributed by atoms with Gasteiger partial charge in [0, 0.05) is 34.1 Å². The van der Waals surface area contributed by atoms with Crippen LogP contribution in [0, 0.1) is 5.92 Å². The van der Waals surface area contributed by atoms with Gasteiger partial charge in [-0.25, -0.2) is 4.79 Å². The predicted octanol–water partition coefficient (Wildman–Crippen LogP) is 6.48. The molecule has 180 valence electrons. The highest BCUT2D eigenvalue weighted by Gasteiger charge is 2.54. The Morgan fingerprint density at radius 3 is 2.17 bits per heavy atom. The van der Waals surface area contributed by atoms with Crippen LogP contribution in [-0.4, -0.2) is 23.2 Å². The van der Waals surface area contributed by atoms with Gasteiger partial charge in [0.2, 0.25) is 0 Å². The van der Waals surface area contributed by atoms with Crippen molar-refractivity contribution < 1.29 is 19.1 Å². The van der Waals surface area contributed by atoms with Crippen molar-refractivity contribution in [3.63, 3.8) is 0 Å². The molecule has 4 rings (SSSR count). The maximum Gasteiger partial charge on any atom is 0.337 e. The lowest BCUT2D eigenvalue weighted by atomic mass is 9.70. The molecule has 0 bridgehead atoms. The van der Waals surface area contributed by atoms with Gasteiger partial charge in [0.05, 0.1) is 5.02 Å². The Hall–Kier alpha value is -3.15. The molecule has 3 aromatic rings. The van der Waals surface area contributed by atoms with Gasteiger partial charge in [-0.3, -0.25) is 9.59 Å². The molecule has 0 saturated carbocycles. The molecule has 0 aliphatic carbocycles. The van der Waals surface area contributed by atoms with Crippen LogP contribution in [0.15, 0.2) is 72.8 Å². The number of nitrogens with one attached hydrogen (secondary N) is 1. The lowest BCUT2D eigenvalue weighted by Gasteiger charge is -2.44. The van der Waals surface area contributed by atoms with E-state index in [0.717, 1.165) is 0 Å². The lowest BCUT2D eigenvalue weighted by molar-refractivity contribution is -0.145. The van der Waals surface area contributed by atoms with E-state index in [-0.39, 0.29) is 35.3 Å². The Kier molecular flexibility index (Phi) is 7.29. The maximum absolute atomic E-state index is 13.7. The molecule has 35 heavy (non-hydrogen) atoms. The van der Waals surface area contributed by atoms with Crippen LogP contribution in [0.2, 0.25) is 10.0 Å². The molecular weight excluding hydrogens is 485 g/mol. The number of ether oxygens (including phenoxy) is 1. The number of hydrogen-bond donors (Lipinski definition) is 1. The number of carbonyl (C=O) groups excluding carboxylic acids is 3. The summed E-state index contributed by atoms with van der Waals surface area (Å²) < 4.78 is 5.73. The molecule has 2 atom stereocenters. The zero-order valence-corrected chi connectivity index (χ0v) is 20.9. The fraction of sp³-hybridized carbons (Fsp3) is 0.250. The second kappa shape index (κ2) is 10.2. The number of rotatable bonds is 7. The van der Waals surface area contributed by atoms with Crippen molar-refractivity contribution in [3.8, 4) is 5.75 Å². The third kappa shape index (κ3) is 5.12. The van der Waals surface area contributed by atoms with E-state index >= 15 is 0 Å². The van der Waals surface area contributed by atoms with Crippen LogP contribution in [0.4, 0.5) is 0 Å². The van der Waals surface area contributed by atoms with Gasteiger partial charge in [-0.1, -0.05) is 85.6 Å². The Labute approximate surface area is 214 Å². The molecule has 5 nitrogen and oxygen atoms in total. The van der Waals surface area contributed by atoms with E-state index in [4.69, 9.17) is 27.9 Å². The van der Waals surface area contributed by atoms with Gasteiger partial charge in [-0.2, -0.15) is 0 Å². The lowest BCUT2D eigenvalue weighted by Crippen LogP contribution is -2.62. The number of amides is 1. The minimum absolute atomic E-state index is 0.0100. The van der Waals surface area contributed by atoms with E-state index in [2.05, 4.69) is 5.32 Å². The molecule has 3 aromatic carbocycles. The summed E-state index contributed by atoms with van der Waals surface area (Å²) in [7, 11) is 0. The van der Waals surface area contributed by atoms with Gasteiger partial charge in [0.1, 0.15) is 5.54 Å². The van der Waals surface area contributed by atoms with Crippen molar-refractivity contribution >= 4 is 40.9 Å². The largest absolute Gasteiger partial charge is 0.423 e. The first-order chi connectivity index (χ1) is 16.7. The minimum Gasteiger partial charge on any atom is -0.423 e. The summed E-state index contributed by atoms with van der Waals surface area (Å²) in [6.45, 7) is 3.89. The topological polar surface area (TPSA) is 72.5 Å². The molecule has 1 N–H and O–H groups in total. The number of halogens is 2. The second-order valence-electron chi connectivity index (χ2n) is 9.13. The van der Waals surface area contributed by atoms with Crippen molar-refractivity contribution in [1.29, 1.82) is 0 Å². The number of hydrogen-bond acceptors (Lipinski definition) is 4. The van der Waals surface area contributed by atoms with Crippen LogP contribution in [0.1, 0.15) is 58.9 Å². The van der Waals surface area contributed by atoms with Gasteiger partial charge >= 0.3 is 5.97 Å². The Bertz CT molecular complexity index is 1260. The standard InChI is InChI=1S/C28H25Cl2NO4/c1-17(2)16-28(31-26(33)19-11-7-4-8-12-19)22(15-24(32)18-9-5-3-6-10-18)21-13-20(29)14-23(30)25(21)35-27(28)34/h3-14,17,22H,15-16H2,1-2H3,(H,31,33)/t22-,28+/m1/s1. The maximum atomic E-state index is 13.7. The molecule has 0 saturated heterocycles. The summed E-state index contributed by atoms with van der Waals surface area (Å²) in [5.74, 6) is -1.86. The number of esters is 1. The van der Waals surface area contributed by atoms with Crippen LogP contribution < -0.4 is 10.1 Å². The number of fused-ring (bicyclic) bond motifs is 1. The van der Waals surface area contributed by atoms with Gasteiger partial charge in [0.15, 0.2) is 11.5 Å². The predicted molar refractivity (Wildman–Crippen MR) is 136 cm³/mol. The number of Topliss-reactive ketones (excluding diaryl/α,β-unsaturated/α-hetero) is 1. The number of carbonyl (C=O) groups is 3. The molecule has 0 fully saturated rings. The van der Waals surface area contributed by atoms with Crippen LogP contribution in [0.5, 0.6) is 5.75 Å². The van der Waals surface area contributed by atoms with E-state index in [1.54, 1.807) is 60.7 Å². The van der Waals surface area contributed by atoms with Gasteiger partial charge in [-0.15, -0.1) is 0 Å². The van der Waals surface area contributed by atoms with E-state index < -0.39 is 23.3 Å². The second-order valence-corrected chi connectivity index (χ2v) is 9.97. The third-order valence-corrected chi connectivity index (χ3v) is 6.65. The normalized spacial score (nSPS) is 19.1. The minimum atomic E-state index is -1.51.